The number of hydrogen-bond acceptors (Lipinski definition) is 5. The number of nitrogens with zero attached hydrogens (tertiary/aromatic N) is 3. The quantitative estimate of drug-likeness (QED) is 0.938. The van der Waals surface area contributed by atoms with Gasteiger partial charge in [0.1, 0.15) is 12.1 Å². The molecule has 1 aromatic heterocycles. The van der Waals surface area contributed by atoms with Crippen molar-refractivity contribution >= 4 is 11.8 Å². The van der Waals surface area contributed by atoms with E-state index in [0.717, 1.165) is 23.7 Å². The van der Waals surface area contributed by atoms with E-state index >= 15 is 0 Å². The molecule has 0 fully saturated rings. The Morgan fingerprint density at radius 2 is 2.29 bits per heavy atom. The Morgan fingerprint density at radius 3 is 2.95 bits per heavy atom. The third-order valence-electron chi connectivity index (χ3n) is 3.99. The van der Waals surface area contributed by atoms with Crippen LogP contribution in [0.4, 0.5) is 0 Å². The van der Waals surface area contributed by atoms with Gasteiger partial charge in [-0.25, -0.2) is 9.67 Å². The van der Waals surface area contributed by atoms with Gasteiger partial charge in [-0.2, -0.15) is 5.10 Å². The standard InChI is InChI=1S/C15H20N4OS/c1-16-14-12-6-5-11(20-3)8-10(12)4-7-13(14)21-15-17-9-18-19(15)2/h5-6,8-9,13-14,16H,4,7H2,1-3H3. The predicted octanol–water partition coefficient (Wildman–Crippen LogP) is 2.19. The van der Waals surface area contributed by atoms with Crippen LogP contribution in [0, 0.1) is 0 Å². The third kappa shape index (κ3) is 2.78. The molecule has 1 aromatic carbocycles. The van der Waals surface area contributed by atoms with Gasteiger partial charge >= 0.3 is 0 Å². The molecule has 0 radical (unpaired) electrons. The summed E-state index contributed by atoms with van der Waals surface area (Å²) in [6.07, 6.45) is 3.79. The van der Waals surface area contributed by atoms with Gasteiger partial charge in [0, 0.05) is 18.3 Å². The van der Waals surface area contributed by atoms with E-state index < -0.39 is 0 Å². The van der Waals surface area contributed by atoms with E-state index in [4.69, 9.17) is 4.74 Å². The molecule has 0 saturated carbocycles. The average Bonchev–Trinajstić information content (AvgIpc) is 2.91. The second-order valence-electron chi connectivity index (χ2n) is 5.19. The van der Waals surface area contributed by atoms with Crippen LogP contribution in [-0.2, 0) is 13.5 Å². The Labute approximate surface area is 129 Å². The van der Waals surface area contributed by atoms with Crippen molar-refractivity contribution in [3.63, 3.8) is 0 Å². The summed E-state index contributed by atoms with van der Waals surface area (Å²) in [5, 5.41) is 9.04. The van der Waals surface area contributed by atoms with Crippen molar-refractivity contribution in [2.24, 2.45) is 7.05 Å². The van der Waals surface area contributed by atoms with E-state index in [1.54, 1.807) is 25.2 Å². The highest BCUT2D eigenvalue weighted by Crippen LogP contribution is 2.40. The Kier molecular flexibility index (Phi) is 4.17. The van der Waals surface area contributed by atoms with Crippen molar-refractivity contribution in [1.29, 1.82) is 0 Å². The largest absolute Gasteiger partial charge is 0.497 e. The zero-order chi connectivity index (χ0) is 14.8. The van der Waals surface area contributed by atoms with Gasteiger partial charge in [0.15, 0.2) is 5.16 Å². The second kappa shape index (κ2) is 6.07. The highest BCUT2D eigenvalue weighted by molar-refractivity contribution is 7.99. The number of methoxy groups -OCH3 is 1. The highest BCUT2D eigenvalue weighted by Gasteiger charge is 2.30. The smallest absolute Gasteiger partial charge is 0.186 e. The molecule has 0 amide bonds. The van der Waals surface area contributed by atoms with Gasteiger partial charge in [-0.3, -0.25) is 0 Å². The zero-order valence-electron chi connectivity index (χ0n) is 12.5. The molecule has 0 spiro atoms. The monoisotopic (exact) mass is 304 g/mol. The molecule has 2 aromatic rings. The van der Waals surface area contributed by atoms with Crippen LogP contribution in [0.25, 0.3) is 0 Å². The van der Waals surface area contributed by atoms with Gasteiger partial charge in [0.05, 0.1) is 7.11 Å². The van der Waals surface area contributed by atoms with E-state index in [9.17, 15) is 0 Å². The lowest BCUT2D eigenvalue weighted by Crippen LogP contribution is -2.32. The molecule has 21 heavy (non-hydrogen) atoms. The maximum Gasteiger partial charge on any atom is 0.186 e. The minimum atomic E-state index is 0.321. The lowest BCUT2D eigenvalue weighted by molar-refractivity contribution is 0.412. The number of aryl methyl sites for hydroxylation is 2. The second-order valence-corrected chi connectivity index (χ2v) is 6.40. The number of ether oxygens (including phenoxy) is 1. The van der Waals surface area contributed by atoms with Gasteiger partial charge in [0.2, 0.25) is 0 Å². The van der Waals surface area contributed by atoms with Crippen LogP contribution in [0.3, 0.4) is 0 Å². The number of fused-ring (bicyclic) bond motifs is 1. The number of rotatable bonds is 4. The van der Waals surface area contributed by atoms with Gasteiger partial charge in [-0.05, 0) is 43.1 Å². The lowest BCUT2D eigenvalue weighted by atomic mass is 9.87. The van der Waals surface area contributed by atoms with Crippen LogP contribution in [0.15, 0.2) is 29.7 Å². The Balaban J connectivity index is 1.86. The first-order chi connectivity index (χ1) is 10.2. The van der Waals surface area contributed by atoms with Gasteiger partial charge in [-0.15, -0.1) is 0 Å². The van der Waals surface area contributed by atoms with Crippen molar-refractivity contribution < 1.29 is 4.74 Å². The molecule has 1 heterocycles. The Hall–Kier alpha value is -1.53. The first-order valence-corrected chi connectivity index (χ1v) is 7.95. The van der Waals surface area contributed by atoms with Gasteiger partial charge in [-0.1, -0.05) is 17.8 Å². The molecule has 2 atom stereocenters. The summed E-state index contributed by atoms with van der Waals surface area (Å²) >= 11 is 1.80. The summed E-state index contributed by atoms with van der Waals surface area (Å²) in [5.74, 6) is 0.933. The third-order valence-corrected chi connectivity index (χ3v) is 5.38. The van der Waals surface area contributed by atoms with Crippen molar-refractivity contribution in [3.8, 4) is 5.75 Å². The van der Waals surface area contributed by atoms with Gasteiger partial charge < -0.3 is 10.1 Å². The fourth-order valence-corrected chi connectivity index (χ4v) is 4.12. The summed E-state index contributed by atoms with van der Waals surface area (Å²) < 4.78 is 7.16. The number of nitrogens with one attached hydrogen (secondary N) is 1. The van der Waals surface area contributed by atoms with Crippen molar-refractivity contribution in [2.75, 3.05) is 14.2 Å². The summed E-state index contributed by atoms with van der Waals surface area (Å²) in [4.78, 5) is 4.33. The molecule has 112 valence electrons. The molecule has 1 N–H and O–H groups in total. The van der Waals surface area contributed by atoms with E-state index in [1.807, 2.05) is 24.8 Å². The molecule has 2 unspecified atom stereocenters. The van der Waals surface area contributed by atoms with Crippen LogP contribution in [-0.4, -0.2) is 34.2 Å². The topological polar surface area (TPSA) is 52.0 Å². The van der Waals surface area contributed by atoms with Crippen LogP contribution in [0.5, 0.6) is 5.75 Å². The number of thioether (sulfide) groups is 1. The Morgan fingerprint density at radius 1 is 1.43 bits per heavy atom. The highest BCUT2D eigenvalue weighted by atomic mass is 32.2. The molecule has 1 aliphatic rings. The minimum Gasteiger partial charge on any atom is -0.497 e. The fraction of sp³-hybridized carbons (Fsp3) is 0.467. The predicted molar refractivity (Wildman–Crippen MR) is 83.8 cm³/mol. The Bertz CT molecular complexity index is 628. The summed E-state index contributed by atoms with van der Waals surface area (Å²) in [6, 6.07) is 6.70. The lowest BCUT2D eigenvalue weighted by Gasteiger charge is -2.32. The van der Waals surface area contributed by atoms with Crippen molar-refractivity contribution in [1.82, 2.24) is 20.1 Å². The molecule has 5 nitrogen and oxygen atoms in total. The molecule has 3 rings (SSSR count). The van der Waals surface area contributed by atoms with Crippen LogP contribution < -0.4 is 10.1 Å². The van der Waals surface area contributed by atoms with Crippen LogP contribution >= 0.6 is 11.8 Å². The molecular weight excluding hydrogens is 284 g/mol. The van der Waals surface area contributed by atoms with Crippen LogP contribution in [0.2, 0.25) is 0 Å². The molecule has 6 heteroatoms. The van der Waals surface area contributed by atoms with E-state index in [2.05, 4.69) is 27.5 Å². The van der Waals surface area contributed by atoms with E-state index in [-0.39, 0.29) is 0 Å². The van der Waals surface area contributed by atoms with Crippen molar-refractivity contribution in [3.05, 3.63) is 35.7 Å². The summed E-state index contributed by atoms with van der Waals surface area (Å²) in [5.41, 5.74) is 2.74. The summed E-state index contributed by atoms with van der Waals surface area (Å²) in [6.45, 7) is 0. The molecule has 0 bridgehead atoms. The number of hydrogen-bond donors (Lipinski definition) is 1. The minimum absolute atomic E-state index is 0.321. The molecular formula is C15H20N4OS. The van der Waals surface area contributed by atoms with E-state index in [0.29, 0.717) is 11.3 Å². The molecule has 1 aliphatic carbocycles. The van der Waals surface area contributed by atoms with Crippen LogP contribution in [0.1, 0.15) is 23.6 Å². The fourth-order valence-electron chi connectivity index (χ4n) is 2.89. The van der Waals surface area contributed by atoms with Crippen molar-refractivity contribution in [2.45, 2.75) is 29.3 Å². The molecule has 0 aliphatic heterocycles. The maximum atomic E-state index is 5.33. The van der Waals surface area contributed by atoms with Gasteiger partial charge in [0.25, 0.3) is 0 Å². The zero-order valence-corrected chi connectivity index (χ0v) is 13.4. The number of benzene rings is 1. The first kappa shape index (κ1) is 14.4. The molecule has 0 saturated heterocycles. The maximum absolute atomic E-state index is 5.33. The first-order valence-electron chi connectivity index (χ1n) is 7.07. The van der Waals surface area contributed by atoms with E-state index in [1.165, 1.54) is 11.1 Å². The summed E-state index contributed by atoms with van der Waals surface area (Å²) in [7, 11) is 5.67. The number of aromatic nitrogens is 3. The SMILES string of the molecule is CNC1c2ccc(OC)cc2CCC1Sc1ncnn1C. The average molecular weight is 304 g/mol. The normalized spacial score (nSPS) is 21.1.